The van der Waals surface area contributed by atoms with Crippen LogP contribution in [0.3, 0.4) is 0 Å². The Morgan fingerprint density at radius 3 is 2.39 bits per heavy atom. The maximum atomic E-state index is 13.8. The maximum absolute atomic E-state index is 13.8. The van der Waals surface area contributed by atoms with Crippen LogP contribution in [-0.4, -0.2) is 39.8 Å². The molecule has 0 radical (unpaired) electrons. The Labute approximate surface area is 220 Å². The Kier molecular flexibility index (Phi) is 8.25. The highest BCUT2D eigenvalue weighted by Gasteiger charge is 2.31. The molecule has 188 valence electrons. The molecule has 8 nitrogen and oxygen atoms in total. The Hall–Kier alpha value is -2.98. The number of halogens is 2. The van der Waals surface area contributed by atoms with E-state index < -0.39 is 16.1 Å². The average molecular weight is 546 g/mol. The molecule has 0 spiro atoms. The van der Waals surface area contributed by atoms with Crippen molar-refractivity contribution in [3.8, 4) is 11.4 Å². The van der Waals surface area contributed by atoms with Crippen LogP contribution < -0.4 is 4.31 Å². The summed E-state index contributed by atoms with van der Waals surface area (Å²) in [6.45, 7) is 1.99. The minimum Gasteiger partial charge on any atom is -0.392 e. The first-order valence-electron chi connectivity index (χ1n) is 11.3. The molecule has 0 amide bonds. The first-order valence-corrected chi connectivity index (χ1v) is 13.5. The SMILES string of the molecule is C[C@H](CCCn1nnnc1-c1ccccc1)N(c1cc(Cl)ccc1CO)S(=O)(=O)c1ccc(Cl)cc1. The van der Waals surface area contributed by atoms with Gasteiger partial charge in [-0.25, -0.2) is 13.1 Å². The van der Waals surface area contributed by atoms with Crippen LogP contribution in [0.2, 0.25) is 10.0 Å². The number of sulfonamides is 1. The number of anilines is 1. The molecule has 0 fully saturated rings. The number of benzene rings is 3. The second-order valence-electron chi connectivity index (χ2n) is 8.27. The van der Waals surface area contributed by atoms with E-state index in [9.17, 15) is 13.5 Å². The van der Waals surface area contributed by atoms with E-state index in [1.807, 2.05) is 37.3 Å². The highest BCUT2D eigenvalue weighted by Crippen LogP contribution is 2.33. The predicted molar refractivity (Wildman–Crippen MR) is 140 cm³/mol. The van der Waals surface area contributed by atoms with Crippen molar-refractivity contribution in [3.63, 3.8) is 0 Å². The van der Waals surface area contributed by atoms with Crippen molar-refractivity contribution in [1.82, 2.24) is 20.2 Å². The summed E-state index contributed by atoms with van der Waals surface area (Å²) in [5.41, 5.74) is 1.68. The third-order valence-electron chi connectivity index (χ3n) is 5.78. The minimum absolute atomic E-state index is 0.0921. The zero-order valence-electron chi connectivity index (χ0n) is 19.5. The number of rotatable bonds is 10. The number of aliphatic hydroxyl groups excluding tert-OH is 1. The lowest BCUT2D eigenvalue weighted by Gasteiger charge is -2.32. The van der Waals surface area contributed by atoms with E-state index in [4.69, 9.17) is 23.2 Å². The van der Waals surface area contributed by atoms with Crippen molar-refractivity contribution in [2.45, 2.75) is 43.9 Å². The van der Waals surface area contributed by atoms with Gasteiger partial charge in [-0.05, 0) is 66.6 Å². The summed E-state index contributed by atoms with van der Waals surface area (Å²) in [4.78, 5) is 0.0921. The van der Waals surface area contributed by atoms with Gasteiger partial charge in [0.05, 0.1) is 17.2 Å². The molecule has 0 saturated carbocycles. The van der Waals surface area contributed by atoms with E-state index >= 15 is 0 Å². The third kappa shape index (κ3) is 5.70. The van der Waals surface area contributed by atoms with Gasteiger partial charge in [-0.3, -0.25) is 4.31 Å². The molecule has 4 rings (SSSR count). The second-order valence-corrected chi connectivity index (χ2v) is 11.0. The number of hydrogen-bond donors (Lipinski definition) is 1. The van der Waals surface area contributed by atoms with Gasteiger partial charge in [0.1, 0.15) is 0 Å². The number of hydrogen-bond acceptors (Lipinski definition) is 6. The number of aryl methyl sites for hydroxylation is 1. The van der Waals surface area contributed by atoms with Crippen molar-refractivity contribution in [2.24, 2.45) is 0 Å². The van der Waals surface area contributed by atoms with Crippen LogP contribution in [0.1, 0.15) is 25.3 Å². The number of nitrogens with zero attached hydrogens (tertiary/aromatic N) is 5. The van der Waals surface area contributed by atoms with Gasteiger partial charge >= 0.3 is 0 Å². The molecule has 1 N–H and O–H groups in total. The molecule has 0 saturated heterocycles. The highest BCUT2D eigenvalue weighted by atomic mass is 35.5. The van der Waals surface area contributed by atoms with Gasteiger partial charge in [0, 0.05) is 33.8 Å². The summed E-state index contributed by atoms with van der Waals surface area (Å²) in [7, 11) is -4.00. The van der Waals surface area contributed by atoms with Gasteiger partial charge in [-0.15, -0.1) is 5.10 Å². The lowest BCUT2D eigenvalue weighted by atomic mass is 10.1. The first kappa shape index (κ1) is 26.1. The van der Waals surface area contributed by atoms with Crippen molar-refractivity contribution >= 4 is 38.9 Å². The van der Waals surface area contributed by atoms with Crippen LogP contribution in [0, 0.1) is 0 Å². The summed E-state index contributed by atoms with van der Waals surface area (Å²) in [6.07, 6.45) is 1.10. The normalized spacial score (nSPS) is 12.4. The fourth-order valence-electron chi connectivity index (χ4n) is 4.00. The minimum atomic E-state index is -4.00. The summed E-state index contributed by atoms with van der Waals surface area (Å²) >= 11 is 12.2. The summed E-state index contributed by atoms with van der Waals surface area (Å²) in [5.74, 6) is 0.645. The molecule has 0 aliphatic rings. The fourth-order valence-corrected chi connectivity index (χ4v) is 6.01. The number of aromatic nitrogens is 4. The van der Waals surface area contributed by atoms with E-state index in [1.165, 1.54) is 28.6 Å². The monoisotopic (exact) mass is 545 g/mol. The lowest BCUT2D eigenvalue weighted by Crippen LogP contribution is -2.39. The predicted octanol–water partition coefficient (Wildman–Crippen LogP) is 5.20. The van der Waals surface area contributed by atoms with Crippen LogP contribution in [0.25, 0.3) is 11.4 Å². The maximum Gasteiger partial charge on any atom is 0.264 e. The average Bonchev–Trinajstić information content (AvgIpc) is 3.33. The first-order chi connectivity index (χ1) is 17.3. The molecule has 11 heteroatoms. The Morgan fingerprint density at radius 2 is 1.69 bits per heavy atom. The van der Waals surface area contributed by atoms with Crippen molar-refractivity contribution in [2.75, 3.05) is 4.31 Å². The molecular formula is C25H25Cl2N5O3S. The Morgan fingerprint density at radius 1 is 1.00 bits per heavy atom. The van der Waals surface area contributed by atoms with E-state index in [-0.39, 0.29) is 11.5 Å². The Bertz CT molecular complexity index is 1410. The zero-order chi connectivity index (χ0) is 25.7. The molecule has 1 atom stereocenters. The van der Waals surface area contributed by atoms with Crippen molar-refractivity contribution in [3.05, 3.63) is 88.4 Å². The molecule has 0 aliphatic heterocycles. The molecule has 3 aromatic carbocycles. The largest absolute Gasteiger partial charge is 0.392 e. The molecular weight excluding hydrogens is 521 g/mol. The van der Waals surface area contributed by atoms with Gasteiger partial charge in [-0.1, -0.05) is 59.6 Å². The van der Waals surface area contributed by atoms with Gasteiger partial charge in [0.25, 0.3) is 10.0 Å². The highest BCUT2D eigenvalue weighted by molar-refractivity contribution is 7.92. The number of tetrazole rings is 1. The van der Waals surface area contributed by atoms with Crippen LogP contribution in [0.4, 0.5) is 5.69 Å². The molecule has 36 heavy (non-hydrogen) atoms. The van der Waals surface area contributed by atoms with E-state index in [1.54, 1.807) is 22.9 Å². The molecule has 0 bridgehead atoms. The topological polar surface area (TPSA) is 101 Å². The smallest absolute Gasteiger partial charge is 0.264 e. The van der Waals surface area contributed by atoms with Crippen LogP contribution in [0.15, 0.2) is 77.7 Å². The second kappa shape index (κ2) is 11.4. The standard InChI is InChI=1S/C25H25Cl2N5O3S/c1-18(6-5-15-31-25(28-29-30-31)19-7-3-2-4-8-19)32(24-16-22(27)10-9-20(24)17-33)36(34,35)23-13-11-21(26)12-14-23/h2-4,7-14,16,18,33H,5-6,15,17H2,1H3/t18-/m1/s1. The quantitative estimate of drug-likeness (QED) is 0.293. The van der Waals surface area contributed by atoms with Gasteiger partial charge in [0.15, 0.2) is 5.82 Å². The lowest BCUT2D eigenvalue weighted by molar-refractivity contribution is 0.282. The number of aliphatic hydroxyl groups is 1. The van der Waals surface area contributed by atoms with Crippen LogP contribution >= 0.6 is 23.2 Å². The van der Waals surface area contributed by atoms with Crippen molar-refractivity contribution < 1.29 is 13.5 Å². The van der Waals surface area contributed by atoms with Gasteiger partial charge in [0.2, 0.25) is 0 Å². The summed E-state index contributed by atoms with van der Waals surface area (Å²) < 4.78 is 30.7. The van der Waals surface area contributed by atoms with E-state index in [2.05, 4.69) is 15.5 Å². The summed E-state index contributed by atoms with van der Waals surface area (Å²) in [5, 5.41) is 22.8. The van der Waals surface area contributed by atoms with Gasteiger partial charge in [-0.2, -0.15) is 0 Å². The third-order valence-corrected chi connectivity index (χ3v) is 8.21. The van der Waals surface area contributed by atoms with Gasteiger partial charge < -0.3 is 5.11 Å². The van der Waals surface area contributed by atoms with Crippen LogP contribution in [-0.2, 0) is 23.2 Å². The fraction of sp³-hybridized carbons (Fsp3) is 0.240. The Balaban J connectivity index is 1.62. The van der Waals surface area contributed by atoms with E-state index in [0.29, 0.717) is 46.5 Å². The molecule has 1 heterocycles. The van der Waals surface area contributed by atoms with E-state index in [0.717, 1.165) is 5.56 Å². The van der Waals surface area contributed by atoms with Crippen molar-refractivity contribution in [1.29, 1.82) is 0 Å². The molecule has 0 unspecified atom stereocenters. The van der Waals surface area contributed by atoms with Crippen LogP contribution in [0.5, 0.6) is 0 Å². The molecule has 4 aromatic rings. The summed E-state index contributed by atoms with van der Waals surface area (Å²) in [6, 6.07) is 20.0. The molecule has 1 aromatic heterocycles. The zero-order valence-corrected chi connectivity index (χ0v) is 21.8. The molecule has 0 aliphatic carbocycles.